The van der Waals surface area contributed by atoms with Gasteiger partial charge in [-0.15, -0.1) is 0 Å². The van der Waals surface area contributed by atoms with E-state index in [2.05, 4.69) is 0 Å². The van der Waals surface area contributed by atoms with E-state index in [9.17, 15) is 0 Å². The average molecular weight is 346 g/mol. The number of benzene rings is 2. The second-order valence-corrected chi connectivity index (χ2v) is 5.48. The van der Waals surface area contributed by atoms with E-state index in [0.717, 1.165) is 42.6 Å². The minimum absolute atomic E-state index is 0.665. The van der Waals surface area contributed by atoms with Gasteiger partial charge in [0.05, 0.1) is 27.4 Å². The number of methoxy groups -OCH3 is 2. The van der Waals surface area contributed by atoms with Crippen LogP contribution in [0.5, 0.6) is 11.5 Å². The van der Waals surface area contributed by atoms with Crippen LogP contribution < -0.4 is 9.47 Å². The van der Waals surface area contributed by atoms with Crippen molar-refractivity contribution in [1.29, 1.82) is 0 Å². The molecule has 0 bridgehead atoms. The first-order chi connectivity index (χ1) is 12.3. The Hall–Kier alpha value is -2.08. The lowest BCUT2D eigenvalue weighted by atomic mass is 9.96. The first-order valence-corrected chi connectivity index (χ1v) is 8.30. The van der Waals surface area contributed by atoms with Crippen LogP contribution in [0.25, 0.3) is 0 Å². The van der Waals surface area contributed by atoms with Crippen LogP contribution in [0.4, 0.5) is 0 Å². The zero-order chi connectivity index (χ0) is 18.1. The molecule has 0 atom stereocenters. The molecule has 5 heteroatoms. The molecule has 25 heavy (non-hydrogen) atoms. The van der Waals surface area contributed by atoms with Gasteiger partial charge in [0, 0.05) is 18.2 Å². The minimum atomic E-state index is -0.880. The molecule has 2 aromatic rings. The predicted molar refractivity (Wildman–Crippen MR) is 96.0 cm³/mol. The Morgan fingerprint density at radius 2 is 1.08 bits per heavy atom. The Balaban J connectivity index is 0.00000109. The summed E-state index contributed by atoms with van der Waals surface area (Å²) in [7, 11) is 4.32. The molecule has 0 unspecified atom stereocenters. The maximum Gasteiger partial charge on any atom is 0.222 e. The molecule has 0 radical (unpaired) electrons. The molecule has 0 aliphatic carbocycles. The number of ether oxygens (including phenoxy) is 4. The van der Waals surface area contributed by atoms with Gasteiger partial charge in [0.2, 0.25) is 5.79 Å². The topological polar surface area (TPSA) is 57.2 Å². The van der Waals surface area contributed by atoms with Gasteiger partial charge in [0.25, 0.3) is 0 Å². The van der Waals surface area contributed by atoms with E-state index in [1.54, 1.807) is 14.2 Å². The fourth-order valence-electron chi connectivity index (χ4n) is 2.80. The average Bonchev–Trinajstić information content (AvgIpc) is 2.97. The Morgan fingerprint density at radius 3 is 1.40 bits per heavy atom. The first-order valence-electron chi connectivity index (χ1n) is 8.30. The highest BCUT2D eigenvalue weighted by Crippen LogP contribution is 2.38. The SMILES string of the molecule is CO.COc1ccc(C2(c3ccc(OC)cc3)OCCCCO2)cc1. The summed E-state index contributed by atoms with van der Waals surface area (Å²) in [6, 6.07) is 15.7. The van der Waals surface area contributed by atoms with Crippen molar-refractivity contribution in [2.24, 2.45) is 0 Å². The van der Waals surface area contributed by atoms with Gasteiger partial charge in [-0.1, -0.05) is 0 Å². The normalized spacial score (nSPS) is 16.2. The summed E-state index contributed by atoms with van der Waals surface area (Å²) in [6.45, 7) is 1.33. The van der Waals surface area contributed by atoms with Gasteiger partial charge in [-0.3, -0.25) is 0 Å². The van der Waals surface area contributed by atoms with Crippen molar-refractivity contribution >= 4 is 0 Å². The fourth-order valence-corrected chi connectivity index (χ4v) is 2.80. The molecular formula is C20H26O5. The summed E-state index contributed by atoms with van der Waals surface area (Å²) in [5.41, 5.74) is 1.93. The molecule has 2 aromatic carbocycles. The van der Waals surface area contributed by atoms with Crippen molar-refractivity contribution in [3.63, 3.8) is 0 Å². The first kappa shape index (κ1) is 19.2. The maximum atomic E-state index is 7.00. The summed E-state index contributed by atoms with van der Waals surface area (Å²) >= 11 is 0. The highest BCUT2D eigenvalue weighted by Gasteiger charge is 2.38. The van der Waals surface area contributed by atoms with Crippen LogP contribution >= 0.6 is 0 Å². The molecule has 1 N–H and O–H groups in total. The summed E-state index contributed by atoms with van der Waals surface area (Å²) in [4.78, 5) is 0. The molecule has 0 saturated carbocycles. The number of aliphatic hydroxyl groups excluding tert-OH is 1. The molecule has 1 fully saturated rings. The lowest BCUT2D eigenvalue weighted by Crippen LogP contribution is -2.34. The van der Waals surface area contributed by atoms with Gasteiger partial charge < -0.3 is 24.1 Å². The van der Waals surface area contributed by atoms with Crippen molar-refractivity contribution in [2.45, 2.75) is 18.6 Å². The van der Waals surface area contributed by atoms with Crippen LogP contribution in [0.3, 0.4) is 0 Å². The van der Waals surface area contributed by atoms with Crippen LogP contribution in [0, 0.1) is 0 Å². The van der Waals surface area contributed by atoms with Crippen molar-refractivity contribution in [2.75, 3.05) is 34.5 Å². The monoisotopic (exact) mass is 346 g/mol. The summed E-state index contributed by atoms with van der Waals surface area (Å²) in [5, 5.41) is 7.00. The summed E-state index contributed by atoms with van der Waals surface area (Å²) < 4.78 is 22.9. The van der Waals surface area contributed by atoms with E-state index in [4.69, 9.17) is 24.1 Å². The van der Waals surface area contributed by atoms with Crippen LogP contribution in [-0.4, -0.2) is 39.6 Å². The zero-order valence-corrected chi connectivity index (χ0v) is 15.0. The number of hydrogen-bond donors (Lipinski definition) is 1. The smallest absolute Gasteiger partial charge is 0.222 e. The Kier molecular flexibility index (Phi) is 7.25. The molecule has 0 spiro atoms. The maximum absolute atomic E-state index is 7.00. The van der Waals surface area contributed by atoms with Crippen molar-refractivity contribution in [1.82, 2.24) is 0 Å². The van der Waals surface area contributed by atoms with E-state index < -0.39 is 5.79 Å². The number of rotatable bonds is 4. The number of hydrogen-bond acceptors (Lipinski definition) is 5. The van der Waals surface area contributed by atoms with Crippen molar-refractivity contribution in [3.05, 3.63) is 59.7 Å². The van der Waals surface area contributed by atoms with Crippen molar-refractivity contribution in [3.8, 4) is 11.5 Å². The minimum Gasteiger partial charge on any atom is -0.497 e. The van der Waals surface area contributed by atoms with E-state index in [0.29, 0.717) is 13.2 Å². The largest absolute Gasteiger partial charge is 0.497 e. The van der Waals surface area contributed by atoms with Crippen LogP contribution in [0.15, 0.2) is 48.5 Å². The lowest BCUT2D eigenvalue weighted by Gasteiger charge is -2.33. The van der Waals surface area contributed by atoms with E-state index in [1.165, 1.54) is 0 Å². The van der Waals surface area contributed by atoms with Gasteiger partial charge in [0.1, 0.15) is 11.5 Å². The Bertz CT molecular complexity index is 564. The standard InChI is InChI=1S/C19H22O4.CH4O/c1-20-17-9-5-15(6-10-17)19(22-13-3-4-14-23-19)16-7-11-18(21-2)12-8-16;1-2/h5-12H,3-4,13-14H2,1-2H3;2H,1H3. The van der Waals surface area contributed by atoms with Gasteiger partial charge in [-0.2, -0.15) is 0 Å². The lowest BCUT2D eigenvalue weighted by molar-refractivity contribution is -0.204. The summed E-state index contributed by atoms with van der Waals surface area (Å²) in [5.74, 6) is 0.745. The second kappa shape index (κ2) is 9.42. The van der Waals surface area contributed by atoms with Crippen LogP contribution in [0.1, 0.15) is 24.0 Å². The van der Waals surface area contributed by atoms with Crippen LogP contribution in [0.2, 0.25) is 0 Å². The molecule has 0 amide bonds. The third kappa shape index (κ3) is 4.31. The van der Waals surface area contributed by atoms with Gasteiger partial charge in [-0.05, 0) is 61.4 Å². The second-order valence-electron chi connectivity index (χ2n) is 5.48. The number of aliphatic hydroxyl groups is 1. The highest BCUT2D eigenvalue weighted by molar-refractivity contribution is 5.39. The highest BCUT2D eigenvalue weighted by atomic mass is 16.7. The molecule has 3 rings (SSSR count). The molecule has 1 aliphatic rings. The van der Waals surface area contributed by atoms with Gasteiger partial charge >= 0.3 is 0 Å². The van der Waals surface area contributed by atoms with Crippen molar-refractivity contribution < 1.29 is 24.1 Å². The third-order valence-corrected chi connectivity index (χ3v) is 4.09. The molecule has 136 valence electrons. The van der Waals surface area contributed by atoms with Gasteiger partial charge in [-0.25, -0.2) is 0 Å². The molecule has 1 heterocycles. The third-order valence-electron chi connectivity index (χ3n) is 4.09. The molecular weight excluding hydrogens is 320 g/mol. The molecule has 5 nitrogen and oxygen atoms in total. The molecule has 1 saturated heterocycles. The van der Waals surface area contributed by atoms with E-state index in [-0.39, 0.29) is 0 Å². The molecule has 1 aliphatic heterocycles. The zero-order valence-electron chi connectivity index (χ0n) is 15.0. The Labute approximate surface area is 149 Å². The van der Waals surface area contributed by atoms with E-state index >= 15 is 0 Å². The predicted octanol–water partition coefficient (Wildman–Crippen LogP) is 3.34. The summed E-state index contributed by atoms with van der Waals surface area (Å²) in [6.07, 6.45) is 1.99. The van der Waals surface area contributed by atoms with Crippen LogP contribution in [-0.2, 0) is 15.3 Å². The van der Waals surface area contributed by atoms with E-state index in [1.807, 2.05) is 48.5 Å². The van der Waals surface area contributed by atoms with Gasteiger partial charge in [0.15, 0.2) is 0 Å². The quantitative estimate of drug-likeness (QED) is 0.920. The molecule has 0 aromatic heterocycles. The fraction of sp³-hybridized carbons (Fsp3) is 0.400. The Morgan fingerprint density at radius 1 is 0.720 bits per heavy atom.